The highest BCUT2D eigenvalue weighted by Gasteiger charge is 2.24. The first-order chi connectivity index (χ1) is 11.7. The van der Waals surface area contributed by atoms with E-state index in [1.165, 1.54) is 30.3 Å². The lowest BCUT2D eigenvalue weighted by molar-refractivity contribution is 0.0596. The molecule has 2 N–H and O–H groups in total. The molecule has 0 aliphatic carbocycles. The van der Waals surface area contributed by atoms with Crippen LogP contribution in [0.25, 0.3) is 0 Å². The normalized spacial score (nSPS) is 10.8. The van der Waals surface area contributed by atoms with Gasteiger partial charge in [-0.2, -0.15) is 0 Å². The summed E-state index contributed by atoms with van der Waals surface area (Å²) in [6.07, 6.45) is 0. The second-order valence-electron chi connectivity index (χ2n) is 4.99. The lowest BCUT2D eigenvalue weighted by Gasteiger charge is -2.11. The summed E-state index contributed by atoms with van der Waals surface area (Å²) in [5, 5.41) is 2.32. The Bertz CT molecular complexity index is 907. The molecule has 0 saturated heterocycles. The number of carbonyl (C=O) groups is 2. The van der Waals surface area contributed by atoms with Gasteiger partial charge in [0.05, 0.1) is 12.7 Å². The van der Waals surface area contributed by atoms with Crippen molar-refractivity contribution in [1.29, 1.82) is 0 Å². The number of esters is 1. The van der Waals surface area contributed by atoms with Gasteiger partial charge in [0, 0.05) is 11.8 Å². The molecule has 1 heterocycles. The molecule has 0 spiro atoms. The number of methoxy groups -OCH3 is 1. The van der Waals surface area contributed by atoms with Gasteiger partial charge in [0.1, 0.15) is 16.5 Å². The van der Waals surface area contributed by atoms with E-state index in [0.29, 0.717) is 11.5 Å². The monoisotopic (exact) mass is 364 g/mol. The predicted molar refractivity (Wildman–Crippen MR) is 88.6 cm³/mol. The average Bonchev–Trinajstić information content (AvgIpc) is 2.52. The minimum atomic E-state index is -4.29. The van der Waals surface area contributed by atoms with Crippen LogP contribution in [0.1, 0.15) is 21.9 Å². The first kappa shape index (κ1) is 18.3. The Morgan fingerprint density at radius 2 is 1.80 bits per heavy atom. The van der Waals surface area contributed by atoms with E-state index in [0.717, 1.165) is 7.11 Å². The maximum atomic E-state index is 12.4. The summed E-state index contributed by atoms with van der Waals surface area (Å²) >= 11 is 0. The largest absolute Gasteiger partial charge is 0.465 e. The quantitative estimate of drug-likeness (QED) is 0.785. The maximum absolute atomic E-state index is 12.4. The molecule has 10 heteroatoms. The van der Waals surface area contributed by atoms with Crippen molar-refractivity contribution in [2.75, 3.05) is 12.4 Å². The SMILES string of the molecule is COC(=O)c1ccccc1S(=O)(=O)NC(=O)Nc1cc(C)nc(C)n1. The number of rotatable bonds is 4. The maximum Gasteiger partial charge on any atom is 0.339 e. The summed E-state index contributed by atoms with van der Waals surface area (Å²) < 4.78 is 31.2. The Labute approximate surface area is 144 Å². The number of benzene rings is 1. The van der Waals surface area contributed by atoms with Crippen LogP contribution in [0.4, 0.5) is 10.6 Å². The van der Waals surface area contributed by atoms with Gasteiger partial charge >= 0.3 is 12.0 Å². The minimum Gasteiger partial charge on any atom is -0.465 e. The number of hydrogen-bond donors (Lipinski definition) is 2. The van der Waals surface area contributed by atoms with E-state index in [9.17, 15) is 18.0 Å². The number of aryl methyl sites for hydroxylation is 2. The third-order valence-corrected chi connectivity index (χ3v) is 4.41. The van der Waals surface area contributed by atoms with Gasteiger partial charge in [0.2, 0.25) is 0 Å². The molecule has 25 heavy (non-hydrogen) atoms. The fourth-order valence-electron chi connectivity index (χ4n) is 2.08. The zero-order valence-electron chi connectivity index (χ0n) is 13.7. The molecule has 0 aliphatic rings. The van der Waals surface area contributed by atoms with Gasteiger partial charge in [-0.25, -0.2) is 32.7 Å². The summed E-state index contributed by atoms with van der Waals surface area (Å²) in [7, 11) is -3.16. The van der Waals surface area contributed by atoms with Crippen LogP contribution in [0.5, 0.6) is 0 Å². The van der Waals surface area contributed by atoms with Crippen molar-refractivity contribution in [3.63, 3.8) is 0 Å². The molecule has 2 amide bonds. The second kappa shape index (κ2) is 7.26. The lowest BCUT2D eigenvalue weighted by atomic mass is 10.2. The molecule has 0 atom stereocenters. The average molecular weight is 364 g/mol. The van der Waals surface area contributed by atoms with E-state index < -0.39 is 22.0 Å². The molecule has 2 aromatic rings. The molecule has 132 valence electrons. The molecule has 9 nitrogen and oxygen atoms in total. The number of amides is 2. The van der Waals surface area contributed by atoms with Crippen LogP contribution in [-0.4, -0.2) is 37.5 Å². The van der Waals surface area contributed by atoms with Crippen molar-refractivity contribution in [2.24, 2.45) is 0 Å². The Morgan fingerprint density at radius 1 is 1.12 bits per heavy atom. The standard InChI is InChI=1S/C15H16N4O5S/c1-9-8-13(17-10(2)16-9)18-15(21)19-25(22,23)12-7-5-4-6-11(12)14(20)24-3/h4-8H,1-3H3,(H2,16,17,18,19,21). The van der Waals surface area contributed by atoms with E-state index in [4.69, 9.17) is 0 Å². The number of hydrogen-bond acceptors (Lipinski definition) is 7. The fraction of sp³-hybridized carbons (Fsp3) is 0.200. The van der Waals surface area contributed by atoms with Crippen LogP contribution in [0.3, 0.4) is 0 Å². The minimum absolute atomic E-state index is 0.152. The van der Waals surface area contributed by atoms with E-state index >= 15 is 0 Å². The topological polar surface area (TPSA) is 127 Å². The van der Waals surface area contributed by atoms with Crippen molar-refractivity contribution < 1.29 is 22.7 Å². The zero-order valence-corrected chi connectivity index (χ0v) is 14.5. The number of ether oxygens (including phenoxy) is 1. The van der Waals surface area contributed by atoms with Crippen LogP contribution in [-0.2, 0) is 14.8 Å². The number of carbonyl (C=O) groups excluding carboxylic acids is 2. The van der Waals surface area contributed by atoms with Crippen LogP contribution in [0.2, 0.25) is 0 Å². The lowest BCUT2D eigenvalue weighted by Crippen LogP contribution is -2.35. The highest BCUT2D eigenvalue weighted by molar-refractivity contribution is 7.90. The molecule has 0 saturated carbocycles. The van der Waals surface area contributed by atoms with Crippen molar-refractivity contribution in [3.8, 4) is 0 Å². The van der Waals surface area contributed by atoms with Crippen molar-refractivity contribution in [3.05, 3.63) is 47.4 Å². The number of aromatic nitrogens is 2. The molecule has 0 unspecified atom stereocenters. The number of nitrogens with zero attached hydrogens (tertiary/aromatic N) is 2. The zero-order chi connectivity index (χ0) is 18.6. The van der Waals surface area contributed by atoms with Gasteiger partial charge in [-0.3, -0.25) is 5.32 Å². The number of urea groups is 1. The Kier molecular flexibility index (Phi) is 5.32. The summed E-state index contributed by atoms with van der Waals surface area (Å²) in [5.74, 6) is -0.253. The third-order valence-electron chi connectivity index (χ3n) is 3.02. The smallest absolute Gasteiger partial charge is 0.339 e. The third kappa shape index (κ3) is 4.51. The molecule has 0 aliphatic heterocycles. The molecule has 2 rings (SSSR count). The summed E-state index contributed by atoms with van der Waals surface area (Å²) in [5.41, 5.74) is 0.431. The molecule has 0 bridgehead atoms. The predicted octanol–water partition coefficient (Wildman–Crippen LogP) is 1.39. The molecular formula is C15H16N4O5S. The van der Waals surface area contributed by atoms with Gasteiger partial charge in [-0.1, -0.05) is 12.1 Å². The molecule has 0 fully saturated rings. The fourth-order valence-corrected chi connectivity index (χ4v) is 3.18. The highest BCUT2D eigenvalue weighted by atomic mass is 32.2. The van der Waals surface area contributed by atoms with Crippen molar-refractivity contribution in [1.82, 2.24) is 14.7 Å². The number of nitrogens with one attached hydrogen (secondary N) is 2. The molecular weight excluding hydrogens is 348 g/mol. The molecule has 0 radical (unpaired) electrons. The van der Waals surface area contributed by atoms with E-state index in [1.54, 1.807) is 13.8 Å². The summed E-state index contributed by atoms with van der Waals surface area (Å²) in [6.45, 7) is 3.35. The van der Waals surface area contributed by atoms with Crippen LogP contribution in [0, 0.1) is 13.8 Å². The number of sulfonamides is 1. The first-order valence-electron chi connectivity index (χ1n) is 7.06. The number of anilines is 1. The van der Waals surface area contributed by atoms with Gasteiger partial charge in [0.25, 0.3) is 10.0 Å². The summed E-state index contributed by atoms with van der Waals surface area (Å²) in [6, 6.07) is 5.86. The van der Waals surface area contributed by atoms with Crippen LogP contribution < -0.4 is 10.0 Å². The van der Waals surface area contributed by atoms with E-state index in [-0.39, 0.29) is 16.3 Å². The molecule has 1 aromatic carbocycles. The van der Waals surface area contributed by atoms with Crippen molar-refractivity contribution in [2.45, 2.75) is 18.7 Å². The summed E-state index contributed by atoms with van der Waals surface area (Å²) in [4.78, 5) is 31.4. The van der Waals surface area contributed by atoms with Gasteiger partial charge in [-0.05, 0) is 26.0 Å². The highest BCUT2D eigenvalue weighted by Crippen LogP contribution is 2.16. The Balaban J connectivity index is 2.24. The van der Waals surface area contributed by atoms with Gasteiger partial charge in [0.15, 0.2) is 0 Å². The second-order valence-corrected chi connectivity index (χ2v) is 6.64. The van der Waals surface area contributed by atoms with Crippen LogP contribution in [0.15, 0.2) is 35.2 Å². The van der Waals surface area contributed by atoms with Crippen LogP contribution >= 0.6 is 0 Å². The Hall–Kier alpha value is -3.01. The van der Waals surface area contributed by atoms with E-state index in [1.807, 2.05) is 4.72 Å². The molecule has 1 aromatic heterocycles. The van der Waals surface area contributed by atoms with Crippen molar-refractivity contribution >= 4 is 27.8 Å². The Morgan fingerprint density at radius 3 is 2.44 bits per heavy atom. The first-order valence-corrected chi connectivity index (χ1v) is 8.54. The van der Waals surface area contributed by atoms with Gasteiger partial charge < -0.3 is 4.74 Å². The van der Waals surface area contributed by atoms with Gasteiger partial charge in [-0.15, -0.1) is 0 Å². The van der Waals surface area contributed by atoms with E-state index in [2.05, 4.69) is 20.0 Å².